The molecule has 0 unspecified atom stereocenters. The van der Waals surface area contributed by atoms with Gasteiger partial charge in [0.1, 0.15) is 0 Å². The first-order valence-corrected chi connectivity index (χ1v) is 5.64. The standard InChI is InChI=1S/C14H9F3N2/c15-14(16,17)11-1-2-12-10(7-11)8-13(19-12)9-3-5-18-6-4-9/h1-8,19H. The van der Waals surface area contributed by atoms with E-state index in [1.807, 2.05) is 0 Å². The van der Waals surface area contributed by atoms with Crippen LogP contribution in [-0.2, 0) is 6.18 Å². The predicted molar refractivity (Wildman–Crippen MR) is 66.5 cm³/mol. The molecule has 5 heteroatoms. The maximum Gasteiger partial charge on any atom is 0.416 e. The van der Waals surface area contributed by atoms with Crippen LogP contribution in [0.1, 0.15) is 5.56 Å². The monoisotopic (exact) mass is 262 g/mol. The van der Waals surface area contributed by atoms with E-state index < -0.39 is 11.7 Å². The molecule has 2 aromatic heterocycles. The molecule has 0 aliphatic carbocycles. The van der Waals surface area contributed by atoms with Gasteiger partial charge in [0.25, 0.3) is 0 Å². The van der Waals surface area contributed by atoms with Crippen LogP contribution in [-0.4, -0.2) is 9.97 Å². The van der Waals surface area contributed by atoms with Gasteiger partial charge in [-0.3, -0.25) is 4.98 Å². The SMILES string of the molecule is FC(F)(F)c1ccc2[nH]c(-c3ccncc3)cc2c1. The van der Waals surface area contributed by atoms with Gasteiger partial charge in [-0.15, -0.1) is 0 Å². The van der Waals surface area contributed by atoms with Crippen molar-refractivity contribution in [2.45, 2.75) is 6.18 Å². The zero-order chi connectivity index (χ0) is 13.5. The molecule has 0 atom stereocenters. The molecular weight excluding hydrogens is 253 g/mol. The van der Waals surface area contributed by atoms with E-state index >= 15 is 0 Å². The second-order valence-electron chi connectivity index (χ2n) is 4.22. The van der Waals surface area contributed by atoms with E-state index in [9.17, 15) is 13.2 Å². The van der Waals surface area contributed by atoms with Crippen LogP contribution < -0.4 is 0 Å². The topological polar surface area (TPSA) is 28.7 Å². The van der Waals surface area contributed by atoms with Gasteiger partial charge in [-0.05, 0) is 36.4 Å². The summed E-state index contributed by atoms with van der Waals surface area (Å²) in [5.41, 5.74) is 1.71. The minimum atomic E-state index is -4.32. The Hall–Kier alpha value is -2.30. The summed E-state index contributed by atoms with van der Waals surface area (Å²) in [5, 5.41) is 0.543. The van der Waals surface area contributed by atoms with Crippen molar-refractivity contribution in [2.24, 2.45) is 0 Å². The Morgan fingerprint density at radius 3 is 2.37 bits per heavy atom. The van der Waals surface area contributed by atoms with Crippen molar-refractivity contribution >= 4 is 10.9 Å². The van der Waals surface area contributed by atoms with Crippen molar-refractivity contribution in [3.05, 3.63) is 54.4 Å². The third kappa shape index (κ3) is 2.19. The first-order chi connectivity index (χ1) is 9.04. The number of halogens is 3. The highest BCUT2D eigenvalue weighted by Gasteiger charge is 2.30. The Labute approximate surface area is 106 Å². The van der Waals surface area contributed by atoms with Gasteiger partial charge in [0, 0.05) is 34.6 Å². The van der Waals surface area contributed by atoms with Crippen molar-refractivity contribution < 1.29 is 13.2 Å². The van der Waals surface area contributed by atoms with Crippen LogP contribution in [0, 0.1) is 0 Å². The summed E-state index contributed by atoms with van der Waals surface area (Å²) in [7, 11) is 0. The minimum absolute atomic E-state index is 0.543. The number of hydrogen-bond acceptors (Lipinski definition) is 1. The van der Waals surface area contributed by atoms with Crippen LogP contribution in [0.25, 0.3) is 22.2 Å². The molecule has 19 heavy (non-hydrogen) atoms. The lowest BCUT2D eigenvalue weighted by Crippen LogP contribution is -2.03. The van der Waals surface area contributed by atoms with Crippen molar-refractivity contribution in [1.82, 2.24) is 9.97 Å². The Kier molecular flexibility index (Phi) is 2.55. The van der Waals surface area contributed by atoms with E-state index in [1.54, 1.807) is 30.6 Å². The maximum absolute atomic E-state index is 12.6. The normalized spacial score (nSPS) is 11.9. The van der Waals surface area contributed by atoms with Crippen molar-refractivity contribution in [2.75, 3.05) is 0 Å². The van der Waals surface area contributed by atoms with Gasteiger partial charge in [-0.25, -0.2) is 0 Å². The third-order valence-electron chi connectivity index (χ3n) is 2.94. The Balaban J connectivity index is 2.12. The van der Waals surface area contributed by atoms with E-state index in [2.05, 4.69) is 9.97 Å². The van der Waals surface area contributed by atoms with E-state index in [4.69, 9.17) is 0 Å². The van der Waals surface area contributed by atoms with Crippen LogP contribution in [0.5, 0.6) is 0 Å². The summed E-state index contributed by atoms with van der Waals surface area (Å²) in [6, 6.07) is 8.99. The Morgan fingerprint density at radius 1 is 0.947 bits per heavy atom. The summed E-state index contributed by atoms with van der Waals surface area (Å²) >= 11 is 0. The molecule has 3 aromatic rings. The van der Waals surface area contributed by atoms with Gasteiger partial charge in [0.2, 0.25) is 0 Å². The number of H-pyrrole nitrogens is 1. The molecule has 2 nitrogen and oxygen atoms in total. The zero-order valence-electron chi connectivity index (χ0n) is 9.70. The number of nitrogens with zero attached hydrogens (tertiary/aromatic N) is 1. The Morgan fingerprint density at radius 2 is 1.68 bits per heavy atom. The number of fused-ring (bicyclic) bond motifs is 1. The number of nitrogens with one attached hydrogen (secondary N) is 1. The lowest BCUT2D eigenvalue weighted by molar-refractivity contribution is -0.137. The molecule has 96 valence electrons. The molecule has 0 amide bonds. The van der Waals surface area contributed by atoms with Crippen LogP contribution in [0.2, 0.25) is 0 Å². The number of hydrogen-bond donors (Lipinski definition) is 1. The summed E-state index contributed by atoms with van der Waals surface area (Å²) < 4.78 is 37.9. The summed E-state index contributed by atoms with van der Waals surface area (Å²) in [6.07, 6.45) is -1.04. The molecule has 1 aromatic carbocycles. The molecule has 3 rings (SSSR count). The molecule has 1 N–H and O–H groups in total. The molecule has 0 aliphatic heterocycles. The summed E-state index contributed by atoms with van der Waals surface area (Å²) in [6.45, 7) is 0. The van der Waals surface area contributed by atoms with E-state index in [0.717, 1.165) is 23.4 Å². The van der Waals surface area contributed by atoms with Crippen LogP contribution >= 0.6 is 0 Å². The van der Waals surface area contributed by atoms with Crippen LogP contribution in [0.3, 0.4) is 0 Å². The lowest BCUT2D eigenvalue weighted by atomic mass is 10.1. The largest absolute Gasteiger partial charge is 0.416 e. The average molecular weight is 262 g/mol. The highest BCUT2D eigenvalue weighted by molar-refractivity contribution is 5.86. The van der Waals surface area contributed by atoms with Crippen molar-refractivity contribution in [1.29, 1.82) is 0 Å². The quantitative estimate of drug-likeness (QED) is 0.697. The van der Waals surface area contributed by atoms with Crippen LogP contribution in [0.15, 0.2) is 48.8 Å². The fourth-order valence-electron chi connectivity index (χ4n) is 2.00. The molecule has 0 saturated carbocycles. The number of alkyl halides is 3. The second-order valence-corrected chi connectivity index (χ2v) is 4.22. The van der Waals surface area contributed by atoms with E-state index in [1.165, 1.54) is 6.07 Å². The highest BCUT2D eigenvalue weighted by Crippen LogP contribution is 2.32. The third-order valence-corrected chi connectivity index (χ3v) is 2.94. The number of rotatable bonds is 1. The van der Waals surface area contributed by atoms with Gasteiger partial charge >= 0.3 is 6.18 Å². The molecule has 2 heterocycles. The fraction of sp³-hybridized carbons (Fsp3) is 0.0714. The smallest absolute Gasteiger partial charge is 0.355 e. The Bertz CT molecular complexity index is 714. The molecule has 0 bridgehead atoms. The lowest BCUT2D eigenvalue weighted by Gasteiger charge is -2.05. The van der Waals surface area contributed by atoms with Gasteiger partial charge in [0.05, 0.1) is 5.56 Å². The van der Waals surface area contributed by atoms with Crippen molar-refractivity contribution in [3.63, 3.8) is 0 Å². The molecule has 0 radical (unpaired) electrons. The first-order valence-electron chi connectivity index (χ1n) is 5.64. The molecule has 0 fully saturated rings. The molecule has 0 saturated heterocycles. The minimum Gasteiger partial charge on any atom is -0.355 e. The van der Waals surface area contributed by atoms with Gasteiger partial charge in [-0.1, -0.05) is 0 Å². The molecule has 0 aliphatic rings. The summed E-state index contributed by atoms with van der Waals surface area (Å²) in [4.78, 5) is 7.00. The zero-order valence-corrected chi connectivity index (χ0v) is 9.70. The van der Waals surface area contributed by atoms with E-state index in [0.29, 0.717) is 10.9 Å². The average Bonchev–Trinajstić information content (AvgIpc) is 2.81. The van der Waals surface area contributed by atoms with E-state index in [-0.39, 0.29) is 0 Å². The highest BCUT2D eigenvalue weighted by atomic mass is 19.4. The summed E-state index contributed by atoms with van der Waals surface area (Å²) in [5.74, 6) is 0. The van der Waals surface area contributed by atoms with Crippen LogP contribution in [0.4, 0.5) is 13.2 Å². The number of benzene rings is 1. The number of aromatic nitrogens is 2. The van der Waals surface area contributed by atoms with Gasteiger partial charge in [-0.2, -0.15) is 13.2 Å². The van der Waals surface area contributed by atoms with Crippen molar-refractivity contribution in [3.8, 4) is 11.3 Å². The maximum atomic E-state index is 12.6. The second kappa shape index (κ2) is 4.12. The molecular formula is C14H9F3N2. The van der Waals surface area contributed by atoms with Gasteiger partial charge < -0.3 is 4.98 Å². The fourth-order valence-corrected chi connectivity index (χ4v) is 2.00. The molecule has 0 spiro atoms. The predicted octanol–water partition coefficient (Wildman–Crippen LogP) is 4.25. The van der Waals surface area contributed by atoms with Gasteiger partial charge in [0.15, 0.2) is 0 Å². The number of pyridine rings is 1. The first kappa shape index (κ1) is 11.8. The number of aromatic amines is 1.